The monoisotopic (exact) mass is 315 g/mol. The molecule has 22 heavy (non-hydrogen) atoms. The molecule has 4 heteroatoms. The van der Waals surface area contributed by atoms with Crippen LogP contribution >= 0.6 is 11.6 Å². The van der Waals surface area contributed by atoms with E-state index in [1.54, 1.807) is 0 Å². The molecule has 0 saturated carbocycles. The summed E-state index contributed by atoms with van der Waals surface area (Å²) in [5, 5.41) is 0.529. The molecule has 2 unspecified atom stereocenters. The summed E-state index contributed by atoms with van der Waals surface area (Å²) in [6, 6.07) is 13.2. The Labute approximate surface area is 137 Å². The quantitative estimate of drug-likeness (QED) is 0.772. The fraction of sp³-hybridized carbons (Fsp3) is 0.444. The average Bonchev–Trinajstić information content (AvgIpc) is 2.97. The molecule has 116 valence electrons. The number of hydrogen-bond acceptors (Lipinski definition) is 3. The number of aromatic nitrogens is 2. The van der Waals surface area contributed by atoms with Crippen LogP contribution in [0.1, 0.15) is 43.5 Å². The lowest BCUT2D eigenvalue weighted by atomic mass is 9.87. The highest BCUT2D eigenvalue weighted by atomic mass is 35.5. The van der Waals surface area contributed by atoms with Gasteiger partial charge in [-0.3, -0.25) is 0 Å². The molecule has 0 bridgehead atoms. The maximum atomic E-state index is 6.13. The van der Waals surface area contributed by atoms with Crippen molar-refractivity contribution in [3.05, 3.63) is 52.9 Å². The van der Waals surface area contributed by atoms with Crippen LogP contribution < -0.4 is 4.90 Å². The van der Waals surface area contributed by atoms with Crippen LogP contribution in [0.4, 0.5) is 5.82 Å². The Kier molecular flexibility index (Phi) is 4.63. The van der Waals surface area contributed by atoms with Crippen molar-refractivity contribution in [1.29, 1.82) is 0 Å². The lowest BCUT2D eigenvalue weighted by Crippen LogP contribution is -2.35. The summed E-state index contributed by atoms with van der Waals surface area (Å²) in [7, 11) is 0. The third-order valence-electron chi connectivity index (χ3n) is 4.52. The second kappa shape index (κ2) is 6.66. The first-order valence-corrected chi connectivity index (χ1v) is 8.39. The van der Waals surface area contributed by atoms with Gasteiger partial charge in [-0.2, -0.15) is 0 Å². The van der Waals surface area contributed by atoms with Gasteiger partial charge in [0, 0.05) is 24.6 Å². The summed E-state index contributed by atoms with van der Waals surface area (Å²) in [5.74, 6) is 2.23. The first-order chi connectivity index (χ1) is 10.7. The van der Waals surface area contributed by atoms with E-state index in [1.165, 1.54) is 18.4 Å². The van der Waals surface area contributed by atoms with Crippen molar-refractivity contribution >= 4 is 17.4 Å². The first-order valence-electron chi connectivity index (χ1n) is 8.02. The molecule has 2 heterocycles. The summed E-state index contributed by atoms with van der Waals surface area (Å²) in [4.78, 5) is 11.2. The molecule has 1 saturated heterocycles. The average molecular weight is 316 g/mol. The first kappa shape index (κ1) is 15.3. The summed E-state index contributed by atoms with van der Waals surface area (Å²) in [5.41, 5.74) is 1.42. The molecule has 1 fully saturated rings. The van der Waals surface area contributed by atoms with E-state index >= 15 is 0 Å². The molecule has 2 aromatic rings. The second-order valence-electron chi connectivity index (χ2n) is 5.92. The normalized spacial score (nSPS) is 19.4. The van der Waals surface area contributed by atoms with E-state index in [2.05, 4.69) is 52.1 Å². The zero-order valence-electron chi connectivity index (χ0n) is 13.2. The minimum absolute atomic E-state index is 0.484. The number of hydrogen-bond donors (Lipinski definition) is 0. The van der Waals surface area contributed by atoms with Crippen molar-refractivity contribution in [1.82, 2.24) is 9.97 Å². The van der Waals surface area contributed by atoms with Gasteiger partial charge in [-0.05, 0) is 31.7 Å². The standard InChI is InChI=1S/C18H22ClN3/c1-3-15(14-8-5-4-6-9-14)16-10-7-11-22(16)18-12-17(19)20-13(2)21-18/h4-6,8-9,12,15-16H,3,7,10-11H2,1-2H3. The fourth-order valence-electron chi connectivity index (χ4n) is 3.59. The summed E-state index contributed by atoms with van der Waals surface area (Å²) >= 11 is 6.13. The predicted octanol–water partition coefficient (Wildman–Crippen LogP) is 4.60. The summed E-state index contributed by atoms with van der Waals surface area (Å²) in [6.45, 7) is 5.21. The Balaban J connectivity index is 1.92. The molecular weight excluding hydrogens is 294 g/mol. The summed E-state index contributed by atoms with van der Waals surface area (Å²) in [6.07, 6.45) is 3.53. The lowest BCUT2D eigenvalue weighted by Gasteiger charge is -2.32. The van der Waals surface area contributed by atoms with Crippen LogP contribution in [0, 0.1) is 6.92 Å². The van der Waals surface area contributed by atoms with E-state index in [4.69, 9.17) is 11.6 Å². The van der Waals surface area contributed by atoms with E-state index in [1.807, 2.05) is 13.0 Å². The van der Waals surface area contributed by atoms with Gasteiger partial charge in [0.05, 0.1) is 0 Å². The number of halogens is 1. The number of rotatable bonds is 4. The maximum absolute atomic E-state index is 6.13. The van der Waals surface area contributed by atoms with E-state index in [-0.39, 0.29) is 0 Å². The van der Waals surface area contributed by atoms with Crippen molar-refractivity contribution in [2.45, 2.75) is 45.1 Å². The fourth-order valence-corrected chi connectivity index (χ4v) is 3.81. The third kappa shape index (κ3) is 3.09. The SMILES string of the molecule is CCC(c1ccccc1)C1CCCN1c1cc(Cl)nc(C)n1. The van der Waals surface area contributed by atoms with Crippen LogP contribution in [0.3, 0.4) is 0 Å². The Hall–Kier alpha value is -1.61. The van der Waals surface area contributed by atoms with Gasteiger partial charge in [0.2, 0.25) is 0 Å². The largest absolute Gasteiger partial charge is 0.353 e. The molecule has 0 amide bonds. The number of anilines is 1. The van der Waals surface area contributed by atoms with Crippen LogP contribution in [-0.2, 0) is 0 Å². The molecular formula is C18H22ClN3. The van der Waals surface area contributed by atoms with E-state index in [0.717, 1.165) is 24.6 Å². The van der Waals surface area contributed by atoms with E-state index in [9.17, 15) is 0 Å². The number of benzene rings is 1. The number of nitrogens with zero attached hydrogens (tertiary/aromatic N) is 3. The highest BCUT2D eigenvalue weighted by molar-refractivity contribution is 6.29. The van der Waals surface area contributed by atoms with Gasteiger partial charge >= 0.3 is 0 Å². The topological polar surface area (TPSA) is 29.0 Å². The molecule has 1 aromatic heterocycles. The molecule has 0 aliphatic carbocycles. The lowest BCUT2D eigenvalue weighted by molar-refractivity contribution is 0.513. The van der Waals surface area contributed by atoms with Crippen LogP contribution in [0.5, 0.6) is 0 Å². The molecule has 0 spiro atoms. The van der Waals surface area contributed by atoms with Gasteiger partial charge in [0.25, 0.3) is 0 Å². The minimum atomic E-state index is 0.484. The Morgan fingerprint density at radius 3 is 2.73 bits per heavy atom. The molecule has 1 aromatic carbocycles. The Bertz CT molecular complexity index is 609. The van der Waals surface area contributed by atoms with Crippen LogP contribution in [0.2, 0.25) is 5.15 Å². The van der Waals surface area contributed by atoms with Gasteiger partial charge < -0.3 is 4.90 Å². The summed E-state index contributed by atoms with van der Waals surface area (Å²) < 4.78 is 0. The van der Waals surface area contributed by atoms with Crippen LogP contribution in [-0.4, -0.2) is 22.6 Å². The highest BCUT2D eigenvalue weighted by Gasteiger charge is 2.32. The second-order valence-corrected chi connectivity index (χ2v) is 6.31. The van der Waals surface area contributed by atoms with Crippen molar-refractivity contribution in [3.63, 3.8) is 0 Å². The van der Waals surface area contributed by atoms with Crippen molar-refractivity contribution in [3.8, 4) is 0 Å². The molecule has 1 aliphatic heterocycles. The van der Waals surface area contributed by atoms with Crippen LogP contribution in [0.25, 0.3) is 0 Å². The maximum Gasteiger partial charge on any atom is 0.134 e. The highest BCUT2D eigenvalue weighted by Crippen LogP contribution is 2.36. The van der Waals surface area contributed by atoms with Crippen molar-refractivity contribution in [2.75, 3.05) is 11.4 Å². The zero-order valence-corrected chi connectivity index (χ0v) is 13.9. The predicted molar refractivity (Wildman–Crippen MR) is 91.6 cm³/mol. The van der Waals surface area contributed by atoms with E-state index in [0.29, 0.717) is 17.1 Å². The number of aryl methyl sites for hydroxylation is 1. The molecule has 0 radical (unpaired) electrons. The van der Waals surface area contributed by atoms with Crippen molar-refractivity contribution in [2.24, 2.45) is 0 Å². The molecule has 2 atom stereocenters. The van der Waals surface area contributed by atoms with E-state index < -0.39 is 0 Å². The molecule has 0 N–H and O–H groups in total. The molecule has 3 nitrogen and oxygen atoms in total. The zero-order chi connectivity index (χ0) is 15.5. The van der Waals surface area contributed by atoms with Crippen LogP contribution in [0.15, 0.2) is 36.4 Å². The molecule has 1 aliphatic rings. The smallest absolute Gasteiger partial charge is 0.134 e. The Morgan fingerprint density at radius 1 is 1.27 bits per heavy atom. The van der Waals surface area contributed by atoms with Gasteiger partial charge in [-0.1, -0.05) is 48.9 Å². The van der Waals surface area contributed by atoms with Gasteiger partial charge in [0.15, 0.2) is 0 Å². The molecule has 3 rings (SSSR count). The Morgan fingerprint density at radius 2 is 2.05 bits per heavy atom. The van der Waals surface area contributed by atoms with Crippen molar-refractivity contribution < 1.29 is 0 Å². The van der Waals surface area contributed by atoms with Gasteiger partial charge in [-0.25, -0.2) is 9.97 Å². The van der Waals surface area contributed by atoms with Gasteiger partial charge in [0.1, 0.15) is 16.8 Å². The third-order valence-corrected chi connectivity index (χ3v) is 4.71. The van der Waals surface area contributed by atoms with Gasteiger partial charge in [-0.15, -0.1) is 0 Å². The minimum Gasteiger partial charge on any atom is -0.353 e.